The predicted molar refractivity (Wildman–Crippen MR) is 197 cm³/mol. The summed E-state index contributed by atoms with van der Waals surface area (Å²) >= 11 is 3.61. The van der Waals surface area contributed by atoms with Gasteiger partial charge in [0.25, 0.3) is 5.91 Å². The molecule has 0 radical (unpaired) electrons. The van der Waals surface area contributed by atoms with Crippen LogP contribution in [-0.2, 0) is 31.3 Å². The third-order valence-corrected chi connectivity index (χ3v) is 13.9. The van der Waals surface area contributed by atoms with Gasteiger partial charge >= 0.3 is 0 Å². The van der Waals surface area contributed by atoms with Gasteiger partial charge in [0.2, 0.25) is 11.8 Å². The molecule has 0 bridgehead atoms. The number of carbonyl (C=O) groups is 3. The second kappa shape index (κ2) is 13.5. The molecule has 7 rings (SSSR count). The zero-order chi connectivity index (χ0) is 35.4. The number of fused-ring (bicyclic) bond motifs is 2. The highest BCUT2D eigenvalue weighted by Crippen LogP contribution is 2.60. The number of amides is 3. The van der Waals surface area contributed by atoms with E-state index in [1.807, 2.05) is 92.8 Å². The van der Waals surface area contributed by atoms with E-state index in [0.717, 1.165) is 34.2 Å². The molecule has 2 N–H and O–H groups in total. The Morgan fingerprint density at radius 3 is 2.58 bits per heavy atom. The highest BCUT2D eigenvalue weighted by molar-refractivity contribution is 9.10. The standard InChI is InChI=1S/C38H43BrN4O6Si/c1-24-36(50(2,3)48)33(21-35(46)41-18-8-13-29(41)23-44)49-38(24)30-20-27(39)14-16-32(30)42(37(38)47)22-25-9-7-12-28(19-25)43-34(45)17-15-31(40-43)26-10-5-4-6-11-26/h4-7,9-12,14,16,19-20,24,29,33,36,44,48H,8,13,15,17-18,21-23H2,1-3H3/t24-,29-,33+,36-,38+/m0/s1. The van der Waals surface area contributed by atoms with Crippen molar-refractivity contribution in [3.05, 3.63) is 94.0 Å². The third-order valence-electron chi connectivity index (χ3n) is 10.9. The van der Waals surface area contributed by atoms with Crippen LogP contribution in [0.4, 0.5) is 11.4 Å². The van der Waals surface area contributed by atoms with E-state index < -0.39 is 31.5 Å². The van der Waals surface area contributed by atoms with Crippen LogP contribution < -0.4 is 9.91 Å². The van der Waals surface area contributed by atoms with Gasteiger partial charge in [0.1, 0.15) is 0 Å². The molecule has 5 atom stereocenters. The number of anilines is 2. The van der Waals surface area contributed by atoms with E-state index >= 15 is 0 Å². The molecule has 12 heteroatoms. The van der Waals surface area contributed by atoms with Crippen molar-refractivity contribution in [2.75, 3.05) is 23.1 Å². The SMILES string of the molecule is C[C@H]1[C@H]([Si](C)(C)O)[C@@H](CC(=O)N2CCC[C@H]2CO)O[C@]12C(=O)N(Cc1cccc(N3N=C(c4ccccc4)CCC3=O)c1)c1ccc(Br)cc12. The van der Waals surface area contributed by atoms with E-state index in [2.05, 4.69) is 15.9 Å². The lowest BCUT2D eigenvalue weighted by molar-refractivity contribution is -0.150. The zero-order valence-corrected chi connectivity index (χ0v) is 31.2. The number of halogens is 1. The maximum atomic E-state index is 14.9. The van der Waals surface area contributed by atoms with Crippen molar-refractivity contribution in [1.29, 1.82) is 0 Å². The van der Waals surface area contributed by atoms with Crippen LogP contribution in [0.3, 0.4) is 0 Å². The maximum Gasteiger partial charge on any atom is 0.264 e. The molecular weight excluding hydrogens is 716 g/mol. The summed E-state index contributed by atoms with van der Waals surface area (Å²) in [7, 11) is -2.98. The first-order chi connectivity index (χ1) is 23.9. The highest BCUT2D eigenvalue weighted by atomic mass is 79.9. The normalized spacial score (nSPS) is 26.6. The summed E-state index contributed by atoms with van der Waals surface area (Å²) in [5.74, 6) is -0.886. The summed E-state index contributed by atoms with van der Waals surface area (Å²) in [6.45, 7) is 6.35. The lowest BCUT2D eigenvalue weighted by Crippen LogP contribution is -2.46. The van der Waals surface area contributed by atoms with Gasteiger partial charge in [0, 0.05) is 40.9 Å². The number of aliphatic hydroxyl groups excluding tert-OH is 1. The minimum Gasteiger partial charge on any atom is -0.432 e. The monoisotopic (exact) mass is 758 g/mol. The van der Waals surface area contributed by atoms with Crippen molar-refractivity contribution in [3.8, 4) is 0 Å². The number of rotatable bonds is 8. The molecule has 2 saturated heterocycles. The fraction of sp³-hybridized carbons (Fsp3) is 0.421. The zero-order valence-electron chi connectivity index (χ0n) is 28.6. The van der Waals surface area contributed by atoms with Crippen LogP contribution in [0.25, 0.3) is 0 Å². The molecule has 4 heterocycles. The van der Waals surface area contributed by atoms with Crippen molar-refractivity contribution in [2.45, 2.75) is 82.0 Å². The molecular formula is C38H43BrN4O6Si. The van der Waals surface area contributed by atoms with Gasteiger partial charge in [-0.2, -0.15) is 5.10 Å². The quantitative estimate of drug-likeness (QED) is 0.285. The fourth-order valence-electron chi connectivity index (χ4n) is 8.61. The van der Waals surface area contributed by atoms with Gasteiger partial charge < -0.3 is 24.4 Å². The Hall–Kier alpha value is -3.68. The molecule has 0 aromatic heterocycles. The highest BCUT2D eigenvalue weighted by Gasteiger charge is 2.66. The average molecular weight is 760 g/mol. The Morgan fingerprint density at radius 1 is 1.06 bits per heavy atom. The van der Waals surface area contributed by atoms with Crippen LogP contribution in [0.15, 0.2) is 82.4 Å². The fourth-order valence-corrected chi connectivity index (χ4v) is 11.5. The molecule has 0 unspecified atom stereocenters. The van der Waals surface area contributed by atoms with Crippen LogP contribution in [-0.4, -0.2) is 71.9 Å². The summed E-state index contributed by atoms with van der Waals surface area (Å²) in [5, 5.41) is 16.1. The van der Waals surface area contributed by atoms with Crippen molar-refractivity contribution in [1.82, 2.24) is 4.90 Å². The Balaban J connectivity index is 1.21. The number of aliphatic hydroxyl groups is 1. The van der Waals surface area contributed by atoms with Crippen molar-refractivity contribution < 1.29 is 29.0 Å². The molecule has 3 aromatic rings. The van der Waals surface area contributed by atoms with Gasteiger partial charge in [-0.15, -0.1) is 0 Å². The van der Waals surface area contributed by atoms with E-state index in [9.17, 15) is 24.3 Å². The summed E-state index contributed by atoms with van der Waals surface area (Å²) in [5.41, 5.74) is 2.86. The lowest BCUT2D eigenvalue weighted by Gasteiger charge is -2.33. The minimum atomic E-state index is -2.98. The number of hydrogen-bond donors (Lipinski definition) is 2. The second-order valence-electron chi connectivity index (χ2n) is 14.5. The number of hydrazone groups is 1. The number of ether oxygens (including phenoxy) is 1. The van der Waals surface area contributed by atoms with Crippen LogP contribution in [0.2, 0.25) is 18.6 Å². The largest absolute Gasteiger partial charge is 0.432 e. The van der Waals surface area contributed by atoms with E-state index in [-0.39, 0.29) is 43.3 Å². The van der Waals surface area contributed by atoms with Crippen LogP contribution in [0.1, 0.15) is 55.7 Å². The Bertz CT molecular complexity index is 1850. The van der Waals surface area contributed by atoms with Crippen LogP contribution >= 0.6 is 15.9 Å². The molecule has 3 aromatic carbocycles. The third kappa shape index (κ3) is 6.04. The number of hydrogen-bond acceptors (Lipinski definition) is 7. The minimum absolute atomic E-state index is 0.0261. The van der Waals surface area contributed by atoms with E-state index in [4.69, 9.17) is 9.84 Å². The first kappa shape index (κ1) is 34.8. The molecule has 4 aliphatic heterocycles. The summed E-state index contributed by atoms with van der Waals surface area (Å²) in [6.07, 6.45) is 1.84. The molecule has 2 fully saturated rings. The van der Waals surface area contributed by atoms with Gasteiger partial charge in [-0.1, -0.05) is 65.3 Å². The number of likely N-dealkylation sites (tertiary alicyclic amines) is 1. The maximum absolute atomic E-state index is 14.9. The summed E-state index contributed by atoms with van der Waals surface area (Å²) in [4.78, 5) is 56.8. The second-order valence-corrected chi connectivity index (χ2v) is 19.4. The summed E-state index contributed by atoms with van der Waals surface area (Å²) < 4.78 is 7.68. The Kier molecular flexibility index (Phi) is 9.35. The first-order valence-corrected chi connectivity index (χ1v) is 21.2. The van der Waals surface area contributed by atoms with Crippen molar-refractivity contribution in [2.24, 2.45) is 11.0 Å². The molecule has 0 saturated carbocycles. The predicted octanol–water partition coefficient (Wildman–Crippen LogP) is 5.70. The molecule has 10 nitrogen and oxygen atoms in total. The van der Waals surface area contributed by atoms with Gasteiger partial charge in [0.05, 0.1) is 48.8 Å². The van der Waals surface area contributed by atoms with Gasteiger partial charge in [-0.3, -0.25) is 14.4 Å². The smallest absolute Gasteiger partial charge is 0.264 e. The topological polar surface area (TPSA) is 123 Å². The first-order valence-electron chi connectivity index (χ1n) is 17.4. The van der Waals surface area contributed by atoms with E-state index in [1.165, 1.54) is 5.01 Å². The van der Waals surface area contributed by atoms with Crippen LogP contribution in [0, 0.1) is 5.92 Å². The lowest BCUT2D eigenvalue weighted by atomic mass is 9.82. The molecule has 1 spiro atoms. The van der Waals surface area contributed by atoms with Crippen molar-refractivity contribution >= 4 is 59.1 Å². The molecule has 262 valence electrons. The number of carbonyl (C=O) groups excluding carboxylic acids is 3. The van der Waals surface area contributed by atoms with Crippen molar-refractivity contribution in [3.63, 3.8) is 0 Å². The van der Waals surface area contributed by atoms with Gasteiger partial charge in [0.15, 0.2) is 13.9 Å². The summed E-state index contributed by atoms with van der Waals surface area (Å²) in [6, 6.07) is 22.9. The molecule has 3 amide bonds. The molecule has 4 aliphatic rings. The number of benzene rings is 3. The van der Waals surface area contributed by atoms with E-state index in [1.54, 1.807) is 9.80 Å². The molecule has 0 aliphatic carbocycles. The van der Waals surface area contributed by atoms with Gasteiger partial charge in [-0.25, -0.2) is 5.01 Å². The Labute approximate surface area is 302 Å². The van der Waals surface area contributed by atoms with E-state index in [0.29, 0.717) is 36.3 Å². The average Bonchev–Trinajstić information content (AvgIpc) is 3.76. The number of nitrogens with zero attached hydrogens (tertiary/aromatic N) is 4. The Morgan fingerprint density at radius 2 is 1.84 bits per heavy atom. The molecule has 50 heavy (non-hydrogen) atoms. The van der Waals surface area contributed by atoms with Crippen LogP contribution in [0.5, 0.6) is 0 Å². The van der Waals surface area contributed by atoms with Gasteiger partial charge in [-0.05, 0) is 67.4 Å².